The van der Waals surface area contributed by atoms with Crippen LogP contribution in [0.3, 0.4) is 0 Å². The third kappa shape index (κ3) is 4.35. The Balaban J connectivity index is 1.53. The summed E-state index contributed by atoms with van der Waals surface area (Å²) in [6, 6.07) is 7.24. The number of aromatic nitrogens is 2. The highest BCUT2D eigenvalue weighted by molar-refractivity contribution is 7.92. The van der Waals surface area contributed by atoms with Gasteiger partial charge in [-0.25, -0.2) is 8.42 Å². The molecule has 1 heterocycles. The van der Waals surface area contributed by atoms with Crippen molar-refractivity contribution < 1.29 is 18.0 Å². The second-order valence-corrected chi connectivity index (χ2v) is 11.7. The molecule has 1 atom stereocenters. The van der Waals surface area contributed by atoms with Crippen molar-refractivity contribution in [1.82, 2.24) is 9.78 Å². The fourth-order valence-electron chi connectivity index (χ4n) is 4.63. The Morgan fingerprint density at radius 2 is 1.94 bits per heavy atom. The molecule has 3 fully saturated rings. The van der Waals surface area contributed by atoms with Crippen LogP contribution in [0, 0.1) is 5.92 Å². The predicted octanol–water partition coefficient (Wildman–Crippen LogP) is 3.80. The highest BCUT2D eigenvalue weighted by atomic mass is 32.2. The van der Waals surface area contributed by atoms with E-state index >= 15 is 0 Å². The average molecular weight is 453 g/mol. The van der Waals surface area contributed by atoms with Crippen LogP contribution < -0.4 is 0 Å². The number of Topliss-reactive ketones (excluding diaryl/α,β-unsaturated/α-hetero) is 2. The number of nitrogens with zero attached hydrogens (tertiary/aromatic N) is 2. The van der Waals surface area contributed by atoms with Gasteiger partial charge in [0.25, 0.3) is 0 Å². The number of carbonyl (C=O) groups is 2. The third-order valence-corrected chi connectivity index (χ3v) is 9.04. The summed E-state index contributed by atoms with van der Waals surface area (Å²) in [5.74, 6) is 0.470. The Bertz CT molecular complexity index is 1220. The fraction of sp³-hybridized carbons (Fsp3) is 0.480. The Labute approximate surface area is 188 Å². The molecular formula is C25H28N2O4S. The van der Waals surface area contributed by atoms with E-state index in [1.165, 1.54) is 0 Å². The molecule has 3 aliphatic rings. The maximum Gasteiger partial charge on any atom is 0.181 e. The van der Waals surface area contributed by atoms with Crippen molar-refractivity contribution in [1.29, 1.82) is 0 Å². The predicted molar refractivity (Wildman–Crippen MR) is 121 cm³/mol. The number of benzene rings is 1. The zero-order valence-corrected chi connectivity index (χ0v) is 19.1. The van der Waals surface area contributed by atoms with Crippen molar-refractivity contribution in [3.63, 3.8) is 0 Å². The van der Waals surface area contributed by atoms with Crippen molar-refractivity contribution in [2.45, 2.75) is 67.4 Å². The normalized spacial score (nSPS) is 21.8. The van der Waals surface area contributed by atoms with E-state index in [1.54, 1.807) is 16.8 Å². The molecule has 1 aromatic carbocycles. The van der Waals surface area contributed by atoms with Gasteiger partial charge in [-0.3, -0.25) is 14.3 Å². The first-order chi connectivity index (χ1) is 15.3. The minimum absolute atomic E-state index is 0.0458. The van der Waals surface area contributed by atoms with Gasteiger partial charge in [0.1, 0.15) is 5.78 Å². The minimum atomic E-state index is -3.30. The first-order valence-corrected chi connectivity index (χ1v) is 13.0. The summed E-state index contributed by atoms with van der Waals surface area (Å²) in [5, 5.41) is 4.08. The van der Waals surface area contributed by atoms with Crippen molar-refractivity contribution >= 4 is 27.0 Å². The number of sulfone groups is 1. The minimum Gasteiger partial charge on any atom is -0.300 e. The first-order valence-electron chi connectivity index (χ1n) is 11.4. The van der Waals surface area contributed by atoms with Crippen LogP contribution in [0.25, 0.3) is 5.57 Å². The van der Waals surface area contributed by atoms with Crippen LogP contribution in [0.15, 0.2) is 41.4 Å². The zero-order valence-electron chi connectivity index (χ0n) is 18.3. The molecule has 3 aliphatic carbocycles. The Morgan fingerprint density at radius 3 is 2.53 bits per heavy atom. The summed E-state index contributed by atoms with van der Waals surface area (Å²) in [5.41, 5.74) is 2.88. The van der Waals surface area contributed by atoms with E-state index < -0.39 is 9.84 Å². The van der Waals surface area contributed by atoms with Gasteiger partial charge in [-0.1, -0.05) is 12.1 Å². The van der Waals surface area contributed by atoms with Gasteiger partial charge in [0.05, 0.1) is 22.3 Å². The molecule has 0 unspecified atom stereocenters. The largest absolute Gasteiger partial charge is 0.300 e. The number of ketones is 2. The number of rotatable bonds is 8. The average Bonchev–Trinajstić information content (AvgIpc) is 3.68. The number of hydrogen-bond donors (Lipinski definition) is 0. The number of allylic oxidation sites excluding steroid dienone is 2. The molecule has 0 N–H and O–H groups in total. The molecule has 0 amide bonds. The van der Waals surface area contributed by atoms with Crippen LogP contribution in [0.5, 0.6) is 0 Å². The van der Waals surface area contributed by atoms with Crippen molar-refractivity contribution in [2.75, 3.05) is 0 Å². The fourth-order valence-corrected chi connectivity index (χ4v) is 6.56. The smallest absolute Gasteiger partial charge is 0.181 e. The molecule has 5 rings (SSSR count). The van der Waals surface area contributed by atoms with E-state index in [1.807, 2.05) is 31.5 Å². The standard InChI is InChI=1S/C25H28N2O4S/c1-27-11-10-19(26-27)15-24(29)22(13-16-2-6-20(28)12-16)18-5-9-25(23(14-18)17-3-4-17)32(30,31)21-7-8-21/h5,9-11,13-14,16-17,21H,2-4,6-8,12,15H2,1H3/b22-13+/t16-/m0/s1. The number of aryl methyl sites for hydroxylation is 1. The molecule has 0 saturated heterocycles. The van der Waals surface area contributed by atoms with Gasteiger partial charge in [-0.2, -0.15) is 5.10 Å². The third-order valence-electron chi connectivity index (χ3n) is 6.70. The lowest BCUT2D eigenvalue weighted by atomic mass is 9.92. The quantitative estimate of drug-likeness (QED) is 0.569. The Morgan fingerprint density at radius 1 is 1.16 bits per heavy atom. The Kier molecular flexibility index (Phi) is 5.40. The van der Waals surface area contributed by atoms with Gasteiger partial charge < -0.3 is 0 Å². The molecule has 0 spiro atoms. The summed E-state index contributed by atoms with van der Waals surface area (Å²) >= 11 is 0. The monoisotopic (exact) mass is 452 g/mol. The molecule has 0 bridgehead atoms. The van der Waals surface area contributed by atoms with E-state index in [9.17, 15) is 18.0 Å². The molecule has 2 aromatic rings. The second kappa shape index (κ2) is 8.10. The molecule has 3 saturated carbocycles. The number of hydrogen-bond acceptors (Lipinski definition) is 5. The van der Waals surface area contributed by atoms with Crippen LogP contribution in [0.1, 0.15) is 67.7 Å². The summed E-state index contributed by atoms with van der Waals surface area (Å²) in [6.07, 6.45) is 9.12. The van der Waals surface area contributed by atoms with Gasteiger partial charge in [0.15, 0.2) is 15.6 Å². The maximum atomic E-state index is 13.4. The lowest BCUT2D eigenvalue weighted by molar-refractivity contribution is -0.117. The summed E-state index contributed by atoms with van der Waals surface area (Å²) in [6.45, 7) is 0. The summed E-state index contributed by atoms with van der Waals surface area (Å²) in [7, 11) is -1.49. The highest BCUT2D eigenvalue weighted by Crippen LogP contribution is 2.46. The maximum absolute atomic E-state index is 13.4. The molecule has 0 radical (unpaired) electrons. The molecule has 168 valence electrons. The van der Waals surface area contributed by atoms with Crippen LogP contribution in [0.2, 0.25) is 0 Å². The second-order valence-electron chi connectivity index (χ2n) is 9.47. The molecular weight excluding hydrogens is 424 g/mol. The molecule has 32 heavy (non-hydrogen) atoms. The highest BCUT2D eigenvalue weighted by Gasteiger charge is 2.40. The molecule has 7 heteroatoms. The molecule has 0 aliphatic heterocycles. The topological polar surface area (TPSA) is 86.1 Å². The van der Waals surface area contributed by atoms with Crippen LogP contribution in [-0.2, 0) is 32.9 Å². The lowest BCUT2D eigenvalue weighted by Crippen LogP contribution is -2.12. The van der Waals surface area contributed by atoms with E-state index in [4.69, 9.17) is 0 Å². The van der Waals surface area contributed by atoms with Crippen molar-refractivity contribution in [3.05, 3.63) is 53.4 Å². The molecule has 6 nitrogen and oxygen atoms in total. The van der Waals surface area contributed by atoms with Crippen LogP contribution >= 0.6 is 0 Å². The van der Waals surface area contributed by atoms with Crippen LogP contribution in [-0.4, -0.2) is 35.0 Å². The number of carbonyl (C=O) groups excluding carboxylic acids is 2. The van der Waals surface area contributed by atoms with Crippen molar-refractivity contribution in [2.24, 2.45) is 13.0 Å². The molecule has 1 aromatic heterocycles. The summed E-state index contributed by atoms with van der Waals surface area (Å²) < 4.78 is 27.7. The van der Waals surface area contributed by atoms with Gasteiger partial charge in [0.2, 0.25) is 0 Å². The Hall–Kier alpha value is -2.54. The summed E-state index contributed by atoms with van der Waals surface area (Å²) in [4.78, 5) is 25.6. The SMILES string of the molecule is Cn1ccc(CC(=O)/C(=C/[C@H]2CCC(=O)C2)c2ccc(S(=O)(=O)C3CC3)c(C3CC3)c2)n1. The van der Waals surface area contributed by atoms with Gasteiger partial charge in [0, 0.05) is 31.7 Å². The first kappa shape index (κ1) is 21.3. The zero-order chi connectivity index (χ0) is 22.5. The van der Waals surface area contributed by atoms with Gasteiger partial charge in [-0.05, 0) is 73.3 Å². The van der Waals surface area contributed by atoms with E-state index in [0.29, 0.717) is 29.0 Å². The van der Waals surface area contributed by atoms with E-state index in [2.05, 4.69) is 5.10 Å². The lowest BCUT2D eigenvalue weighted by Gasteiger charge is -2.15. The van der Waals surface area contributed by atoms with E-state index in [0.717, 1.165) is 43.2 Å². The van der Waals surface area contributed by atoms with E-state index in [-0.39, 0.29) is 35.1 Å². The van der Waals surface area contributed by atoms with Gasteiger partial charge in [-0.15, -0.1) is 0 Å². The van der Waals surface area contributed by atoms with Gasteiger partial charge >= 0.3 is 0 Å². The van der Waals surface area contributed by atoms with Crippen LogP contribution in [0.4, 0.5) is 0 Å². The van der Waals surface area contributed by atoms with Crippen molar-refractivity contribution in [3.8, 4) is 0 Å².